The van der Waals surface area contributed by atoms with Crippen molar-refractivity contribution < 1.29 is 14.3 Å². The van der Waals surface area contributed by atoms with Crippen molar-refractivity contribution in [3.05, 3.63) is 12.2 Å². The molecule has 0 N–H and O–H groups in total. The van der Waals surface area contributed by atoms with Gasteiger partial charge in [-0.15, -0.1) is 0 Å². The van der Waals surface area contributed by atoms with Crippen LogP contribution in [0.3, 0.4) is 0 Å². The molecule has 0 radical (unpaired) electrons. The molecule has 2 heterocycles. The van der Waals surface area contributed by atoms with E-state index in [1.165, 1.54) is 6.21 Å². The van der Waals surface area contributed by atoms with Crippen molar-refractivity contribution in [2.24, 2.45) is 10.9 Å². The Balaban J connectivity index is 1.95. The van der Waals surface area contributed by atoms with Gasteiger partial charge in [0.05, 0.1) is 6.10 Å². The highest BCUT2D eigenvalue weighted by molar-refractivity contribution is 6.07. The van der Waals surface area contributed by atoms with Gasteiger partial charge in [0.1, 0.15) is 5.92 Å². The molecule has 1 saturated heterocycles. The lowest BCUT2D eigenvalue weighted by Gasteiger charge is -2.32. The third-order valence-corrected chi connectivity index (χ3v) is 3.21. The van der Waals surface area contributed by atoms with E-state index in [-0.39, 0.29) is 17.9 Å². The lowest BCUT2D eigenvalue weighted by molar-refractivity contribution is -0.140. The van der Waals surface area contributed by atoms with Gasteiger partial charge in [-0.2, -0.15) is 0 Å². The molecule has 92 valence electrons. The molecule has 2 rings (SSSR count). The summed E-state index contributed by atoms with van der Waals surface area (Å²) in [5.41, 5.74) is 0. The largest absolute Gasteiger partial charge is 0.381 e. The van der Waals surface area contributed by atoms with Crippen molar-refractivity contribution >= 4 is 18.0 Å². The number of hydrogen-bond donors (Lipinski definition) is 0. The van der Waals surface area contributed by atoms with Crippen LogP contribution in [0.1, 0.15) is 12.8 Å². The monoisotopic (exact) mass is 236 g/mol. The van der Waals surface area contributed by atoms with E-state index in [2.05, 4.69) is 4.99 Å². The van der Waals surface area contributed by atoms with Crippen molar-refractivity contribution in [3.63, 3.8) is 0 Å². The molecule has 0 spiro atoms. The van der Waals surface area contributed by atoms with Crippen LogP contribution in [0.5, 0.6) is 0 Å². The van der Waals surface area contributed by atoms with Gasteiger partial charge in [0.2, 0.25) is 5.91 Å². The average Bonchev–Trinajstić information content (AvgIpc) is 2.39. The number of ether oxygens (including phenoxy) is 1. The van der Waals surface area contributed by atoms with Gasteiger partial charge in [-0.3, -0.25) is 9.59 Å². The molecule has 0 saturated carbocycles. The first-order valence-corrected chi connectivity index (χ1v) is 5.78. The van der Waals surface area contributed by atoms with Crippen LogP contribution in [0.4, 0.5) is 0 Å². The summed E-state index contributed by atoms with van der Waals surface area (Å²) in [5.74, 6) is -1.23. The third kappa shape index (κ3) is 2.61. The van der Waals surface area contributed by atoms with Gasteiger partial charge >= 0.3 is 0 Å². The van der Waals surface area contributed by atoms with Crippen LogP contribution in [0.25, 0.3) is 0 Å². The summed E-state index contributed by atoms with van der Waals surface area (Å²) in [6, 6.07) is 0. The van der Waals surface area contributed by atoms with E-state index in [0.717, 1.165) is 12.8 Å². The lowest BCUT2D eigenvalue weighted by atomic mass is 10.0. The predicted octanol–water partition coefficient (Wildman–Crippen LogP) is 0.407. The summed E-state index contributed by atoms with van der Waals surface area (Å²) in [6.07, 6.45) is 6.57. The maximum atomic E-state index is 12.1. The summed E-state index contributed by atoms with van der Waals surface area (Å²) in [4.78, 5) is 28.9. The number of carbonyl (C=O) groups excluding carboxylic acids is 2. The number of methoxy groups -OCH3 is 1. The third-order valence-electron chi connectivity index (χ3n) is 3.21. The zero-order valence-electron chi connectivity index (χ0n) is 9.83. The van der Waals surface area contributed by atoms with Gasteiger partial charge in [-0.25, -0.2) is 4.99 Å². The summed E-state index contributed by atoms with van der Waals surface area (Å²) in [6.45, 7) is 1.30. The summed E-state index contributed by atoms with van der Waals surface area (Å²) >= 11 is 0. The number of hydrogen-bond acceptors (Lipinski definition) is 3. The molecule has 1 fully saturated rings. The second-order valence-corrected chi connectivity index (χ2v) is 4.24. The van der Waals surface area contributed by atoms with Gasteiger partial charge in [-0.05, 0) is 18.9 Å². The Morgan fingerprint density at radius 3 is 2.76 bits per heavy atom. The molecular weight excluding hydrogens is 220 g/mol. The number of nitrogens with zero attached hydrogens (tertiary/aromatic N) is 2. The van der Waals surface area contributed by atoms with Crippen LogP contribution >= 0.6 is 0 Å². The molecule has 2 aliphatic rings. The molecular formula is C12H16N2O3. The molecule has 0 aliphatic carbocycles. The van der Waals surface area contributed by atoms with E-state index < -0.39 is 5.92 Å². The normalized spacial score (nSPS) is 25.4. The Hall–Kier alpha value is -1.49. The number of likely N-dealkylation sites (tertiary alicyclic amines) is 1. The fourth-order valence-electron chi connectivity index (χ4n) is 2.14. The number of amides is 2. The number of rotatable bonds is 2. The highest BCUT2D eigenvalue weighted by atomic mass is 16.5. The Kier molecular flexibility index (Phi) is 3.68. The molecule has 17 heavy (non-hydrogen) atoms. The molecule has 1 atom stereocenters. The molecule has 2 aliphatic heterocycles. The molecule has 0 aromatic rings. The quantitative estimate of drug-likeness (QED) is 0.652. The van der Waals surface area contributed by atoms with Crippen LogP contribution in [0.2, 0.25) is 0 Å². The van der Waals surface area contributed by atoms with Crippen molar-refractivity contribution in [1.82, 2.24) is 4.90 Å². The van der Waals surface area contributed by atoms with Gasteiger partial charge in [-0.1, -0.05) is 6.08 Å². The van der Waals surface area contributed by atoms with Crippen LogP contribution < -0.4 is 0 Å². The Morgan fingerprint density at radius 2 is 2.18 bits per heavy atom. The van der Waals surface area contributed by atoms with E-state index in [0.29, 0.717) is 13.1 Å². The van der Waals surface area contributed by atoms with Gasteiger partial charge in [0, 0.05) is 26.4 Å². The smallest absolute Gasteiger partial charge is 0.262 e. The molecule has 1 unspecified atom stereocenters. The van der Waals surface area contributed by atoms with Gasteiger partial charge < -0.3 is 9.64 Å². The first-order valence-electron chi connectivity index (χ1n) is 5.78. The summed E-state index contributed by atoms with van der Waals surface area (Å²) < 4.78 is 5.24. The molecule has 2 amide bonds. The Labute approximate surface area is 100 Å². The SMILES string of the molecule is COC1CCN(C(=O)C2C=CC=NC2=O)CC1. The standard InChI is InChI=1S/C12H16N2O3/c1-17-9-4-7-14(8-5-9)12(16)10-3-2-6-13-11(10)15/h2-3,6,9-10H,4-5,7-8H2,1H3. The summed E-state index contributed by atoms with van der Waals surface area (Å²) in [5, 5.41) is 0. The fraction of sp³-hybridized carbons (Fsp3) is 0.583. The maximum absolute atomic E-state index is 12.1. The number of carbonyl (C=O) groups is 2. The topological polar surface area (TPSA) is 59.0 Å². The molecule has 0 aromatic carbocycles. The zero-order chi connectivity index (χ0) is 12.3. The van der Waals surface area contributed by atoms with Gasteiger partial charge in [0.15, 0.2) is 0 Å². The molecule has 0 aromatic heterocycles. The summed E-state index contributed by atoms with van der Waals surface area (Å²) in [7, 11) is 1.68. The molecule has 5 heteroatoms. The highest BCUT2D eigenvalue weighted by Gasteiger charge is 2.31. The van der Waals surface area contributed by atoms with Crippen molar-refractivity contribution in [3.8, 4) is 0 Å². The van der Waals surface area contributed by atoms with E-state index >= 15 is 0 Å². The molecule has 5 nitrogen and oxygen atoms in total. The first kappa shape index (κ1) is 12.0. The number of dihydropyridines is 1. The van der Waals surface area contributed by atoms with Crippen LogP contribution in [-0.4, -0.2) is 49.2 Å². The van der Waals surface area contributed by atoms with Crippen molar-refractivity contribution in [2.75, 3.05) is 20.2 Å². The first-order chi connectivity index (χ1) is 8.22. The van der Waals surface area contributed by atoms with Crippen LogP contribution in [-0.2, 0) is 14.3 Å². The van der Waals surface area contributed by atoms with E-state index in [4.69, 9.17) is 4.74 Å². The van der Waals surface area contributed by atoms with Crippen LogP contribution in [0, 0.1) is 5.92 Å². The lowest BCUT2D eigenvalue weighted by Crippen LogP contribution is -2.44. The number of piperidine rings is 1. The number of aliphatic imine (C=N–C) groups is 1. The van der Waals surface area contributed by atoms with E-state index in [1.807, 2.05) is 0 Å². The average molecular weight is 236 g/mol. The second kappa shape index (κ2) is 5.23. The number of allylic oxidation sites excluding steroid dienone is 1. The Bertz CT molecular complexity index is 368. The molecule has 0 bridgehead atoms. The zero-order valence-corrected chi connectivity index (χ0v) is 9.83. The highest BCUT2D eigenvalue weighted by Crippen LogP contribution is 2.17. The van der Waals surface area contributed by atoms with Crippen LogP contribution in [0.15, 0.2) is 17.1 Å². The van der Waals surface area contributed by atoms with Crippen molar-refractivity contribution in [2.45, 2.75) is 18.9 Å². The second-order valence-electron chi connectivity index (χ2n) is 4.24. The minimum Gasteiger partial charge on any atom is -0.381 e. The maximum Gasteiger partial charge on any atom is 0.262 e. The fourth-order valence-corrected chi connectivity index (χ4v) is 2.14. The predicted molar refractivity (Wildman–Crippen MR) is 62.7 cm³/mol. The van der Waals surface area contributed by atoms with Crippen molar-refractivity contribution in [1.29, 1.82) is 0 Å². The van der Waals surface area contributed by atoms with E-state index in [1.54, 1.807) is 24.2 Å². The minimum absolute atomic E-state index is 0.141. The Morgan fingerprint density at radius 1 is 1.47 bits per heavy atom. The minimum atomic E-state index is -0.723. The van der Waals surface area contributed by atoms with E-state index in [9.17, 15) is 9.59 Å². The van der Waals surface area contributed by atoms with Gasteiger partial charge in [0.25, 0.3) is 5.91 Å².